The number of carbonyl (C=O) groups is 2. The molecule has 0 unspecified atom stereocenters. The molecule has 4 rings (SSSR count). The number of anilines is 1. The highest BCUT2D eigenvalue weighted by molar-refractivity contribution is 6.32. The topological polar surface area (TPSA) is 71.1 Å². The Hall–Kier alpha value is -3.10. The van der Waals surface area contributed by atoms with Crippen LogP contribution in [0.1, 0.15) is 5.56 Å². The first-order chi connectivity index (χ1) is 15.5. The van der Waals surface area contributed by atoms with Gasteiger partial charge in [-0.15, -0.1) is 0 Å². The lowest BCUT2D eigenvalue weighted by Crippen LogP contribution is -2.50. The minimum Gasteiger partial charge on any atom is -0.486 e. The van der Waals surface area contributed by atoms with Crippen molar-refractivity contribution in [1.29, 1.82) is 0 Å². The number of rotatable bonds is 5. The molecule has 168 valence electrons. The Morgan fingerprint density at radius 3 is 2.66 bits per heavy atom. The number of hydrogen-bond acceptors (Lipinski definition) is 5. The molecule has 1 saturated heterocycles. The normalized spacial score (nSPS) is 16.2. The number of halogens is 2. The molecule has 2 aromatic carbocycles. The standard InChI is InChI=1S/C23H23ClFN3O4/c24-19-12-16(13-20-23(19)32-11-10-31-20)4-5-22(30)28-8-6-27(7-9-28)15-21(29)26-18-3-1-2-17(25)14-18/h1-5,12-14H,6-11,15H2,(H,26,29)/b5-4+. The van der Waals surface area contributed by atoms with E-state index in [4.69, 9.17) is 21.1 Å². The van der Waals surface area contributed by atoms with Crippen LogP contribution in [0.25, 0.3) is 6.08 Å². The van der Waals surface area contributed by atoms with Crippen LogP contribution in [-0.4, -0.2) is 67.6 Å². The second kappa shape index (κ2) is 10.0. The van der Waals surface area contributed by atoms with E-state index in [1.807, 2.05) is 4.90 Å². The number of carbonyl (C=O) groups excluding carboxylic acids is 2. The van der Waals surface area contributed by atoms with E-state index in [1.54, 1.807) is 35.2 Å². The van der Waals surface area contributed by atoms with Crippen LogP contribution in [0, 0.1) is 5.82 Å². The molecule has 2 amide bonds. The van der Waals surface area contributed by atoms with E-state index in [2.05, 4.69) is 5.32 Å². The summed E-state index contributed by atoms with van der Waals surface area (Å²) in [5, 5.41) is 3.13. The fraction of sp³-hybridized carbons (Fsp3) is 0.304. The Balaban J connectivity index is 1.26. The molecule has 32 heavy (non-hydrogen) atoms. The van der Waals surface area contributed by atoms with E-state index >= 15 is 0 Å². The predicted octanol–water partition coefficient (Wildman–Crippen LogP) is 3.05. The highest BCUT2D eigenvalue weighted by Crippen LogP contribution is 2.38. The van der Waals surface area contributed by atoms with Crippen LogP contribution in [0.5, 0.6) is 11.5 Å². The zero-order valence-corrected chi connectivity index (χ0v) is 18.1. The summed E-state index contributed by atoms with van der Waals surface area (Å²) in [4.78, 5) is 28.5. The number of ether oxygens (including phenoxy) is 2. The van der Waals surface area contributed by atoms with Crippen molar-refractivity contribution in [1.82, 2.24) is 9.80 Å². The van der Waals surface area contributed by atoms with Gasteiger partial charge in [0.05, 0.1) is 11.6 Å². The van der Waals surface area contributed by atoms with Crippen molar-refractivity contribution in [2.45, 2.75) is 0 Å². The maximum absolute atomic E-state index is 13.2. The smallest absolute Gasteiger partial charge is 0.246 e. The van der Waals surface area contributed by atoms with Gasteiger partial charge in [-0.3, -0.25) is 14.5 Å². The summed E-state index contributed by atoms with van der Waals surface area (Å²) in [6, 6.07) is 9.30. The predicted molar refractivity (Wildman–Crippen MR) is 120 cm³/mol. The van der Waals surface area contributed by atoms with Gasteiger partial charge in [0.15, 0.2) is 11.5 Å². The lowest BCUT2D eigenvalue weighted by atomic mass is 10.1. The third kappa shape index (κ3) is 5.57. The van der Waals surface area contributed by atoms with Crippen molar-refractivity contribution >= 4 is 35.2 Å². The lowest BCUT2D eigenvalue weighted by Gasteiger charge is -2.33. The summed E-state index contributed by atoms with van der Waals surface area (Å²) >= 11 is 6.24. The number of amides is 2. The van der Waals surface area contributed by atoms with Gasteiger partial charge in [0.1, 0.15) is 19.0 Å². The molecule has 9 heteroatoms. The van der Waals surface area contributed by atoms with Gasteiger partial charge in [0.25, 0.3) is 0 Å². The van der Waals surface area contributed by atoms with Crippen LogP contribution in [0.4, 0.5) is 10.1 Å². The molecule has 2 heterocycles. The minimum absolute atomic E-state index is 0.111. The average Bonchev–Trinajstić information content (AvgIpc) is 2.78. The Bertz CT molecular complexity index is 1040. The quantitative estimate of drug-likeness (QED) is 0.696. The molecule has 1 N–H and O–H groups in total. The molecule has 1 fully saturated rings. The first kappa shape index (κ1) is 22.1. The summed E-state index contributed by atoms with van der Waals surface area (Å²) < 4.78 is 24.3. The molecule has 2 aromatic rings. The maximum atomic E-state index is 13.2. The van der Waals surface area contributed by atoms with Crippen LogP contribution >= 0.6 is 11.6 Å². The molecule has 0 aromatic heterocycles. The first-order valence-corrected chi connectivity index (χ1v) is 10.7. The minimum atomic E-state index is -0.401. The Morgan fingerprint density at radius 2 is 1.88 bits per heavy atom. The number of nitrogens with zero attached hydrogens (tertiary/aromatic N) is 2. The van der Waals surface area contributed by atoms with Crippen molar-refractivity contribution in [2.24, 2.45) is 0 Å². The summed E-state index contributed by atoms with van der Waals surface area (Å²) in [5.74, 6) is 0.368. The monoisotopic (exact) mass is 459 g/mol. The second-order valence-corrected chi connectivity index (χ2v) is 7.93. The van der Waals surface area contributed by atoms with Crippen molar-refractivity contribution in [2.75, 3.05) is 51.3 Å². The molecule has 0 aliphatic carbocycles. The zero-order chi connectivity index (χ0) is 22.5. The zero-order valence-electron chi connectivity index (χ0n) is 17.4. The van der Waals surface area contributed by atoms with E-state index in [9.17, 15) is 14.0 Å². The van der Waals surface area contributed by atoms with Crippen LogP contribution in [-0.2, 0) is 9.59 Å². The van der Waals surface area contributed by atoms with Gasteiger partial charge in [-0.1, -0.05) is 17.7 Å². The molecular formula is C23H23ClFN3O4. The van der Waals surface area contributed by atoms with Crippen LogP contribution < -0.4 is 14.8 Å². The SMILES string of the molecule is O=C(CN1CCN(C(=O)/C=C/c2cc(Cl)c3c(c2)OCCO3)CC1)Nc1cccc(F)c1. The number of piperazine rings is 1. The van der Waals surface area contributed by atoms with Gasteiger partial charge in [-0.25, -0.2) is 4.39 Å². The molecule has 0 radical (unpaired) electrons. The Labute approximate surface area is 190 Å². The van der Waals surface area contributed by atoms with E-state index in [0.717, 1.165) is 5.56 Å². The highest BCUT2D eigenvalue weighted by Gasteiger charge is 2.21. The molecule has 2 aliphatic heterocycles. The van der Waals surface area contributed by atoms with Gasteiger partial charge in [0.2, 0.25) is 11.8 Å². The summed E-state index contributed by atoms with van der Waals surface area (Å²) in [6.45, 7) is 3.28. The average molecular weight is 460 g/mol. The molecule has 0 bridgehead atoms. The van der Waals surface area contributed by atoms with Gasteiger partial charge in [-0.05, 0) is 42.0 Å². The van der Waals surface area contributed by atoms with Crippen LogP contribution in [0.2, 0.25) is 5.02 Å². The van der Waals surface area contributed by atoms with Gasteiger partial charge in [0, 0.05) is 37.9 Å². The van der Waals surface area contributed by atoms with Crippen molar-refractivity contribution in [3.63, 3.8) is 0 Å². The molecule has 7 nitrogen and oxygen atoms in total. The van der Waals surface area contributed by atoms with Gasteiger partial charge < -0.3 is 19.7 Å². The van der Waals surface area contributed by atoms with E-state index < -0.39 is 5.82 Å². The molecule has 2 aliphatic rings. The first-order valence-electron chi connectivity index (χ1n) is 10.3. The fourth-order valence-corrected chi connectivity index (χ4v) is 3.87. The summed E-state index contributed by atoms with van der Waals surface area (Å²) in [5.41, 5.74) is 1.17. The fourth-order valence-electron chi connectivity index (χ4n) is 3.60. The third-order valence-corrected chi connectivity index (χ3v) is 5.48. The number of hydrogen-bond donors (Lipinski definition) is 1. The van der Waals surface area contributed by atoms with E-state index in [1.165, 1.54) is 18.2 Å². The molecule has 0 spiro atoms. The molecule has 0 atom stereocenters. The molecule has 0 saturated carbocycles. The second-order valence-electron chi connectivity index (χ2n) is 7.52. The van der Waals surface area contributed by atoms with Crippen LogP contribution in [0.15, 0.2) is 42.5 Å². The van der Waals surface area contributed by atoms with E-state index in [0.29, 0.717) is 61.6 Å². The Kier molecular flexibility index (Phi) is 6.92. The Morgan fingerprint density at radius 1 is 1.09 bits per heavy atom. The number of fused-ring (bicyclic) bond motifs is 1. The lowest BCUT2D eigenvalue weighted by molar-refractivity contribution is -0.127. The summed E-state index contributed by atoms with van der Waals surface area (Å²) in [6.07, 6.45) is 3.21. The maximum Gasteiger partial charge on any atom is 0.246 e. The third-order valence-electron chi connectivity index (χ3n) is 5.20. The van der Waals surface area contributed by atoms with Crippen LogP contribution in [0.3, 0.4) is 0 Å². The summed E-state index contributed by atoms with van der Waals surface area (Å²) in [7, 11) is 0. The number of nitrogens with one attached hydrogen (secondary N) is 1. The van der Waals surface area contributed by atoms with Crippen molar-refractivity contribution in [3.8, 4) is 11.5 Å². The highest BCUT2D eigenvalue weighted by atomic mass is 35.5. The number of benzene rings is 2. The van der Waals surface area contributed by atoms with E-state index in [-0.39, 0.29) is 18.4 Å². The van der Waals surface area contributed by atoms with Gasteiger partial charge >= 0.3 is 0 Å². The molecular weight excluding hydrogens is 437 g/mol. The van der Waals surface area contributed by atoms with Crippen molar-refractivity contribution < 1.29 is 23.5 Å². The van der Waals surface area contributed by atoms with Crippen molar-refractivity contribution in [3.05, 3.63) is 58.9 Å². The van der Waals surface area contributed by atoms with Gasteiger partial charge in [-0.2, -0.15) is 0 Å². The largest absolute Gasteiger partial charge is 0.486 e.